The first-order valence-electron chi connectivity index (χ1n) is 11.4. The number of guanidine groups is 1. The molecule has 1 aromatic heterocycles. The Kier molecular flexibility index (Phi) is 11.3. The zero-order chi connectivity index (χ0) is 21.2. The molecule has 2 aliphatic heterocycles. The molecule has 2 aliphatic rings. The molecule has 1 aromatic rings. The number of aromatic nitrogens is 1. The molecule has 9 heteroatoms. The maximum absolute atomic E-state index is 11.7. The van der Waals surface area contributed by atoms with E-state index in [1.165, 1.54) is 0 Å². The Morgan fingerprint density at radius 1 is 1.13 bits per heavy atom. The third-order valence-electron chi connectivity index (χ3n) is 5.79. The molecule has 0 aliphatic carbocycles. The van der Waals surface area contributed by atoms with Crippen LogP contribution in [-0.2, 0) is 11.3 Å². The Labute approximate surface area is 203 Å². The number of anilines is 1. The smallest absolute Gasteiger partial charge is 0.222 e. The van der Waals surface area contributed by atoms with Crippen molar-refractivity contribution in [1.82, 2.24) is 25.4 Å². The Hall–Kier alpha value is -1.62. The first-order valence-corrected chi connectivity index (χ1v) is 11.4. The van der Waals surface area contributed by atoms with Crippen molar-refractivity contribution in [3.63, 3.8) is 0 Å². The monoisotopic (exact) mass is 543 g/mol. The zero-order valence-corrected chi connectivity index (χ0v) is 21.3. The van der Waals surface area contributed by atoms with E-state index in [9.17, 15) is 4.79 Å². The highest BCUT2D eigenvalue weighted by molar-refractivity contribution is 14.0. The molecule has 2 saturated heterocycles. The molecule has 2 N–H and O–H groups in total. The van der Waals surface area contributed by atoms with E-state index in [2.05, 4.69) is 56.4 Å². The summed E-state index contributed by atoms with van der Waals surface area (Å²) in [4.78, 5) is 27.8. The highest BCUT2D eigenvalue weighted by Gasteiger charge is 2.19. The molecule has 31 heavy (non-hydrogen) atoms. The second-order valence-electron chi connectivity index (χ2n) is 7.91. The van der Waals surface area contributed by atoms with Crippen molar-refractivity contribution in [3.05, 3.63) is 23.9 Å². The second-order valence-corrected chi connectivity index (χ2v) is 7.91. The fourth-order valence-electron chi connectivity index (χ4n) is 3.92. The highest BCUT2D eigenvalue weighted by Crippen LogP contribution is 2.14. The predicted octanol–water partition coefficient (Wildman–Crippen LogP) is 1.91. The number of nitrogens with zero attached hydrogens (tertiary/aromatic N) is 5. The van der Waals surface area contributed by atoms with Crippen LogP contribution in [-0.4, -0.2) is 85.6 Å². The van der Waals surface area contributed by atoms with Crippen LogP contribution in [0, 0.1) is 0 Å². The number of rotatable bonds is 9. The lowest BCUT2D eigenvalue weighted by molar-refractivity contribution is -0.127. The summed E-state index contributed by atoms with van der Waals surface area (Å²) in [6, 6.07) is 4.24. The zero-order valence-electron chi connectivity index (χ0n) is 19.0. The molecule has 8 nitrogen and oxygen atoms in total. The molecular weight excluding hydrogens is 505 g/mol. The van der Waals surface area contributed by atoms with Gasteiger partial charge < -0.3 is 25.3 Å². The van der Waals surface area contributed by atoms with Gasteiger partial charge >= 0.3 is 0 Å². The van der Waals surface area contributed by atoms with E-state index in [4.69, 9.17) is 0 Å². The summed E-state index contributed by atoms with van der Waals surface area (Å²) in [6.07, 6.45) is 4.57. The van der Waals surface area contributed by atoms with Crippen molar-refractivity contribution in [1.29, 1.82) is 0 Å². The van der Waals surface area contributed by atoms with Crippen LogP contribution >= 0.6 is 24.0 Å². The number of hydrogen-bond acceptors (Lipinski definition) is 5. The molecule has 0 bridgehead atoms. The molecule has 0 aromatic carbocycles. The summed E-state index contributed by atoms with van der Waals surface area (Å²) in [5.74, 6) is 2.16. The van der Waals surface area contributed by atoms with Gasteiger partial charge in [0.2, 0.25) is 5.91 Å². The van der Waals surface area contributed by atoms with Crippen LogP contribution in [0.15, 0.2) is 23.3 Å². The highest BCUT2D eigenvalue weighted by atomic mass is 127. The van der Waals surface area contributed by atoms with Gasteiger partial charge in [-0.3, -0.25) is 4.79 Å². The van der Waals surface area contributed by atoms with E-state index in [0.29, 0.717) is 18.9 Å². The van der Waals surface area contributed by atoms with Gasteiger partial charge in [0.1, 0.15) is 5.82 Å². The molecule has 174 valence electrons. The lowest BCUT2D eigenvalue weighted by Crippen LogP contribution is -2.46. The van der Waals surface area contributed by atoms with E-state index in [1.807, 2.05) is 11.1 Å². The Bertz CT molecular complexity index is 690. The Morgan fingerprint density at radius 2 is 1.94 bits per heavy atom. The minimum atomic E-state index is 0. The second kappa shape index (κ2) is 13.7. The van der Waals surface area contributed by atoms with E-state index >= 15 is 0 Å². The molecule has 0 atom stereocenters. The number of hydrogen-bond donors (Lipinski definition) is 2. The standard InChI is InChI=1S/C22H37N7O.HI/c1-3-23-22(24-10-6-12-29-11-5-7-21(29)30)26-18-19-8-9-20(25-17-19)28-15-13-27(4-2)14-16-28;/h8-9,17H,3-7,10-16,18H2,1-2H3,(H2,23,24,26);1H. The van der Waals surface area contributed by atoms with Crippen molar-refractivity contribution in [2.24, 2.45) is 4.99 Å². The molecule has 0 saturated carbocycles. The minimum Gasteiger partial charge on any atom is -0.357 e. The summed E-state index contributed by atoms with van der Waals surface area (Å²) in [5.41, 5.74) is 1.10. The number of piperazine rings is 1. The van der Waals surface area contributed by atoms with Crippen molar-refractivity contribution >= 4 is 41.7 Å². The van der Waals surface area contributed by atoms with Gasteiger partial charge in [-0.25, -0.2) is 9.98 Å². The first kappa shape index (κ1) is 25.6. The number of carbonyl (C=O) groups excluding carboxylic acids is 1. The van der Waals surface area contributed by atoms with Crippen LogP contribution < -0.4 is 15.5 Å². The number of carbonyl (C=O) groups is 1. The Morgan fingerprint density at radius 3 is 2.55 bits per heavy atom. The minimum absolute atomic E-state index is 0. The number of halogens is 1. The largest absolute Gasteiger partial charge is 0.357 e. The van der Waals surface area contributed by atoms with Crippen LogP contribution in [0.3, 0.4) is 0 Å². The summed E-state index contributed by atoms with van der Waals surface area (Å²) >= 11 is 0. The molecule has 0 spiro atoms. The van der Waals surface area contributed by atoms with E-state index in [1.54, 1.807) is 0 Å². The van der Waals surface area contributed by atoms with Crippen molar-refractivity contribution in [2.45, 2.75) is 39.7 Å². The van der Waals surface area contributed by atoms with E-state index in [-0.39, 0.29) is 24.0 Å². The van der Waals surface area contributed by atoms with Crippen molar-refractivity contribution in [2.75, 3.05) is 63.8 Å². The summed E-state index contributed by atoms with van der Waals surface area (Å²) in [7, 11) is 0. The summed E-state index contributed by atoms with van der Waals surface area (Å²) in [6.45, 7) is 13.6. The topological polar surface area (TPSA) is 76.1 Å². The van der Waals surface area contributed by atoms with Gasteiger partial charge in [0.05, 0.1) is 6.54 Å². The number of pyridine rings is 1. The van der Waals surface area contributed by atoms with E-state index < -0.39 is 0 Å². The van der Waals surface area contributed by atoms with E-state index in [0.717, 1.165) is 89.1 Å². The van der Waals surface area contributed by atoms with Gasteiger partial charge in [0.15, 0.2) is 5.96 Å². The number of nitrogens with one attached hydrogen (secondary N) is 2. The molecule has 2 fully saturated rings. The molecule has 3 rings (SSSR count). The van der Waals surface area contributed by atoms with Gasteiger partial charge in [-0.2, -0.15) is 0 Å². The van der Waals surface area contributed by atoms with Crippen molar-refractivity contribution in [3.8, 4) is 0 Å². The summed E-state index contributed by atoms with van der Waals surface area (Å²) < 4.78 is 0. The normalized spacial score (nSPS) is 17.6. The fourth-order valence-corrected chi connectivity index (χ4v) is 3.92. The van der Waals surface area contributed by atoms with Crippen LogP contribution in [0.1, 0.15) is 38.7 Å². The lowest BCUT2D eigenvalue weighted by Gasteiger charge is -2.34. The molecule has 0 radical (unpaired) electrons. The number of aliphatic imine (C=N–C) groups is 1. The number of amides is 1. The third-order valence-corrected chi connectivity index (χ3v) is 5.79. The van der Waals surface area contributed by atoms with Crippen LogP contribution in [0.25, 0.3) is 0 Å². The number of likely N-dealkylation sites (N-methyl/N-ethyl adjacent to an activating group) is 1. The van der Waals surface area contributed by atoms with Gasteiger partial charge in [-0.05, 0) is 37.9 Å². The SMILES string of the molecule is CCNC(=NCc1ccc(N2CCN(CC)CC2)nc1)NCCCN1CCCC1=O.I. The Balaban J connectivity index is 0.00000341. The third kappa shape index (κ3) is 8.10. The average Bonchev–Trinajstić information content (AvgIpc) is 3.20. The maximum Gasteiger partial charge on any atom is 0.222 e. The van der Waals surface area contributed by atoms with Crippen LogP contribution in [0.4, 0.5) is 5.82 Å². The van der Waals surface area contributed by atoms with Gasteiger partial charge in [0.25, 0.3) is 0 Å². The number of likely N-dealkylation sites (tertiary alicyclic amines) is 1. The van der Waals surface area contributed by atoms with Gasteiger partial charge in [0, 0.05) is 65.0 Å². The maximum atomic E-state index is 11.7. The van der Waals surface area contributed by atoms with Crippen LogP contribution in [0.5, 0.6) is 0 Å². The predicted molar refractivity (Wildman–Crippen MR) is 137 cm³/mol. The fraction of sp³-hybridized carbons (Fsp3) is 0.682. The quantitative estimate of drug-likeness (QED) is 0.215. The molecule has 3 heterocycles. The molecule has 1 amide bonds. The van der Waals surface area contributed by atoms with Gasteiger partial charge in [-0.1, -0.05) is 13.0 Å². The molecule has 0 unspecified atom stereocenters. The van der Waals surface area contributed by atoms with Crippen molar-refractivity contribution < 1.29 is 4.79 Å². The first-order chi connectivity index (χ1) is 14.7. The van der Waals surface area contributed by atoms with Crippen LogP contribution in [0.2, 0.25) is 0 Å². The molecular formula is C22H38IN7O. The average molecular weight is 543 g/mol. The van der Waals surface area contributed by atoms with Gasteiger partial charge in [-0.15, -0.1) is 24.0 Å². The summed E-state index contributed by atoms with van der Waals surface area (Å²) in [5, 5.41) is 6.66. The lowest BCUT2D eigenvalue weighted by atomic mass is 10.2.